The van der Waals surface area contributed by atoms with Crippen molar-refractivity contribution in [1.82, 2.24) is 9.80 Å². The standard InChI is InChI=1S/C32H35F3N4O6/c1-19-15-39(20(2)18-40)29(41)26-14-25(37-31(44)36-24-10-8-23(9-11-24)32(33,34)35)12-13-27(26)45-28(19)17-38(3)16-21-4-6-22(7-5-21)30(42)43/h4-14,19-20,28,40H,15-18H2,1-3H3,(H,42,43)(H2,36,37,44)/t19-,20+,28-/m1/s1. The van der Waals surface area contributed by atoms with Crippen LogP contribution in [0.15, 0.2) is 66.7 Å². The van der Waals surface area contributed by atoms with E-state index < -0.39 is 35.7 Å². The number of halogens is 3. The van der Waals surface area contributed by atoms with Crippen LogP contribution in [0.5, 0.6) is 5.75 Å². The first-order valence-corrected chi connectivity index (χ1v) is 14.2. The summed E-state index contributed by atoms with van der Waals surface area (Å²) in [5.74, 6) is -1.24. The average Bonchev–Trinajstić information content (AvgIpc) is 2.98. The van der Waals surface area contributed by atoms with E-state index in [1.54, 1.807) is 48.2 Å². The Morgan fingerprint density at radius 1 is 1.04 bits per heavy atom. The zero-order chi connectivity index (χ0) is 32.9. The molecule has 0 bridgehead atoms. The van der Waals surface area contributed by atoms with Gasteiger partial charge < -0.3 is 30.5 Å². The number of hydrogen-bond acceptors (Lipinski definition) is 6. The van der Waals surface area contributed by atoms with Crippen LogP contribution in [0.4, 0.5) is 29.3 Å². The molecule has 0 unspecified atom stereocenters. The Morgan fingerprint density at radius 3 is 2.27 bits per heavy atom. The monoisotopic (exact) mass is 628 g/mol. The number of anilines is 2. The zero-order valence-corrected chi connectivity index (χ0v) is 25.0. The summed E-state index contributed by atoms with van der Waals surface area (Å²) in [7, 11) is 1.91. The van der Waals surface area contributed by atoms with Crippen molar-refractivity contribution in [2.45, 2.75) is 38.7 Å². The highest BCUT2D eigenvalue weighted by molar-refractivity contribution is 6.02. The Labute approximate surface area is 258 Å². The first kappa shape index (κ1) is 33.3. The molecular formula is C32H35F3N4O6. The summed E-state index contributed by atoms with van der Waals surface area (Å²) in [6.45, 7) is 4.69. The third-order valence-corrected chi connectivity index (χ3v) is 7.54. The number of nitrogens with one attached hydrogen (secondary N) is 2. The van der Waals surface area contributed by atoms with Crippen molar-refractivity contribution >= 4 is 29.3 Å². The third-order valence-electron chi connectivity index (χ3n) is 7.54. The van der Waals surface area contributed by atoms with Crippen molar-refractivity contribution in [2.24, 2.45) is 5.92 Å². The fourth-order valence-corrected chi connectivity index (χ4v) is 4.99. The molecule has 45 heavy (non-hydrogen) atoms. The Kier molecular flexibility index (Phi) is 10.3. The molecule has 0 fully saturated rings. The summed E-state index contributed by atoms with van der Waals surface area (Å²) < 4.78 is 44.9. The minimum absolute atomic E-state index is 0.139. The molecule has 4 N–H and O–H groups in total. The second kappa shape index (κ2) is 14.0. The van der Waals surface area contributed by atoms with Crippen LogP contribution in [0.25, 0.3) is 0 Å². The zero-order valence-electron chi connectivity index (χ0n) is 25.0. The second-order valence-electron chi connectivity index (χ2n) is 11.2. The molecule has 0 spiro atoms. The van der Waals surface area contributed by atoms with Gasteiger partial charge in [-0.3, -0.25) is 9.69 Å². The van der Waals surface area contributed by atoms with E-state index in [1.807, 2.05) is 18.9 Å². The lowest BCUT2D eigenvalue weighted by molar-refractivity contribution is -0.137. The fourth-order valence-electron chi connectivity index (χ4n) is 4.99. The van der Waals surface area contributed by atoms with Crippen molar-refractivity contribution in [3.63, 3.8) is 0 Å². The van der Waals surface area contributed by atoms with Crippen LogP contribution in [-0.4, -0.2) is 76.8 Å². The smallest absolute Gasteiger partial charge is 0.416 e. The molecule has 10 nitrogen and oxygen atoms in total. The number of aliphatic hydroxyl groups is 1. The van der Waals surface area contributed by atoms with E-state index in [0.717, 1.165) is 29.8 Å². The van der Waals surface area contributed by atoms with Gasteiger partial charge in [0.05, 0.1) is 29.3 Å². The SMILES string of the molecule is C[C@@H]1CN([C@@H](C)CO)C(=O)c2cc(NC(=O)Nc3ccc(C(F)(F)F)cc3)ccc2O[C@@H]1CN(C)Cc1ccc(C(=O)O)cc1. The molecule has 3 atom stereocenters. The van der Waals surface area contributed by atoms with Crippen LogP contribution in [-0.2, 0) is 12.7 Å². The number of carbonyl (C=O) groups is 3. The summed E-state index contributed by atoms with van der Waals surface area (Å²) in [6, 6.07) is 13.9. The number of benzene rings is 3. The Balaban J connectivity index is 1.52. The lowest BCUT2D eigenvalue weighted by Gasteiger charge is -2.38. The molecule has 4 rings (SSSR count). The van der Waals surface area contributed by atoms with Crippen LogP contribution in [0, 0.1) is 5.92 Å². The topological polar surface area (TPSA) is 131 Å². The molecule has 3 aromatic carbocycles. The van der Waals surface area contributed by atoms with Crippen molar-refractivity contribution in [3.8, 4) is 5.75 Å². The molecule has 13 heteroatoms. The number of aliphatic hydroxyl groups excluding tert-OH is 1. The van der Waals surface area contributed by atoms with E-state index in [2.05, 4.69) is 10.6 Å². The van der Waals surface area contributed by atoms with Crippen molar-refractivity contribution in [2.75, 3.05) is 37.4 Å². The van der Waals surface area contributed by atoms with Gasteiger partial charge in [-0.1, -0.05) is 19.1 Å². The summed E-state index contributed by atoms with van der Waals surface area (Å²) in [4.78, 5) is 41.1. The summed E-state index contributed by atoms with van der Waals surface area (Å²) in [5, 5.41) is 24.1. The Bertz CT molecular complexity index is 1510. The number of carboxylic acids is 1. The molecule has 3 aromatic rings. The number of amides is 3. The Hall–Kier alpha value is -4.62. The van der Waals surface area contributed by atoms with E-state index in [-0.39, 0.29) is 47.7 Å². The van der Waals surface area contributed by atoms with Gasteiger partial charge in [0, 0.05) is 36.9 Å². The van der Waals surface area contributed by atoms with E-state index in [4.69, 9.17) is 9.84 Å². The number of nitrogens with zero attached hydrogens (tertiary/aromatic N) is 2. The predicted molar refractivity (Wildman–Crippen MR) is 161 cm³/mol. The Morgan fingerprint density at radius 2 is 1.67 bits per heavy atom. The maximum atomic E-state index is 13.7. The van der Waals surface area contributed by atoms with Crippen LogP contribution in [0.2, 0.25) is 0 Å². The van der Waals surface area contributed by atoms with Crippen molar-refractivity contribution in [3.05, 3.63) is 89.0 Å². The summed E-state index contributed by atoms with van der Waals surface area (Å²) >= 11 is 0. The molecular weight excluding hydrogens is 593 g/mol. The number of hydrogen-bond donors (Lipinski definition) is 4. The largest absolute Gasteiger partial charge is 0.488 e. The summed E-state index contributed by atoms with van der Waals surface area (Å²) in [5.41, 5.74) is 0.836. The number of rotatable bonds is 9. The molecule has 1 aliphatic rings. The maximum absolute atomic E-state index is 13.7. The number of carboxylic acid groups (broad SMARTS) is 1. The van der Waals surface area contributed by atoms with Crippen molar-refractivity contribution < 1.29 is 42.5 Å². The van der Waals surface area contributed by atoms with Crippen LogP contribution in [0.1, 0.15) is 45.7 Å². The number of urea groups is 1. The van der Waals surface area contributed by atoms with Gasteiger partial charge in [0.25, 0.3) is 5.91 Å². The molecule has 0 saturated heterocycles. The maximum Gasteiger partial charge on any atom is 0.416 e. The molecule has 240 valence electrons. The highest BCUT2D eigenvalue weighted by Crippen LogP contribution is 2.32. The molecule has 0 aromatic heterocycles. The minimum Gasteiger partial charge on any atom is -0.488 e. The fraction of sp³-hybridized carbons (Fsp3) is 0.344. The molecule has 1 aliphatic heterocycles. The quantitative estimate of drug-likeness (QED) is 0.250. The molecule has 0 aliphatic carbocycles. The molecule has 1 heterocycles. The van der Waals surface area contributed by atoms with Gasteiger partial charge in [0.1, 0.15) is 11.9 Å². The molecule has 0 radical (unpaired) electrons. The third kappa shape index (κ3) is 8.52. The van der Waals surface area contributed by atoms with E-state index in [9.17, 15) is 32.7 Å². The lowest BCUT2D eigenvalue weighted by Crippen LogP contribution is -2.49. The first-order valence-electron chi connectivity index (χ1n) is 14.2. The van der Waals surface area contributed by atoms with Crippen molar-refractivity contribution in [1.29, 1.82) is 0 Å². The minimum atomic E-state index is -4.50. The van der Waals surface area contributed by atoms with Gasteiger partial charge in [0.2, 0.25) is 0 Å². The second-order valence-corrected chi connectivity index (χ2v) is 11.2. The highest BCUT2D eigenvalue weighted by atomic mass is 19.4. The number of ether oxygens (including phenoxy) is 1. The predicted octanol–water partition coefficient (Wildman–Crippen LogP) is 5.40. The van der Waals surface area contributed by atoms with Gasteiger partial charge in [-0.05, 0) is 74.1 Å². The van der Waals surface area contributed by atoms with Gasteiger partial charge >= 0.3 is 18.2 Å². The highest BCUT2D eigenvalue weighted by Gasteiger charge is 2.34. The van der Waals surface area contributed by atoms with E-state index in [1.165, 1.54) is 6.07 Å². The number of fused-ring (bicyclic) bond motifs is 1. The number of alkyl halides is 3. The van der Waals surface area contributed by atoms with Gasteiger partial charge in [-0.25, -0.2) is 9.59 Å². The van der Waals surface area contributed by atoms with Crippen LogP contribution in [0.3, 0.4) is 0 Å². The first-order chi connectivity index (χ1) is 21.2. The molecule has 0 saturated carbocycles. The summed E-state index contributed by atoms with van der Waals surface area (Å²) in [6.07, 6.45) is -4.88. The van der Waals surface area contributed by atoms with Gasteiger partial charge in [-0.2, -0.15) is 13.2 Å². The number of carbonyl (C=O) groups excluding carboxylic acids is 2. The van der Waals surface area contributed by atoms with Crippen LogP contribution < -0.4 is 15.4 Å². The van der Waals surface area contributed by atoms with Gasteiger partial charge in [-0.15, -0.1) is 0 Å². The number of likely N-dealkylation sites (N-methyl/N-ethyl adjacent to an activating group) is 1. The normalized spacial score (nSPS) is 17.5. The van der Waals surface area contributed by atoms with E-state index in [0.29, 0.717) is 18.8 Å². The lowest BCUT2D eigenvalue weighted by atomic mass is 9.99. The van der Waals surface area contributed by atoms with E-state index >= 15 is 0 Å². The molecule has 3 amide bonds. The van der Waals surface area contributed by atoms with Crippen LogP contribution >= 0.6 is 0 Å². The number of aromatic carboxylic acids is 1. The average molecular weight is 629 g/mol. The van der Waals surface area contributed by atoms with Gasteiger partial charge in [0.15, 0.2) is 0 Å².